The van der Waals surface area contributed by atoms with E-state index in [9.17, 15) is 0 Å². The Morgan fingerprint density at radius 3 is 1.62 bits per heavy atom. The molecule has 0 spiro atoms. The van der Waals surface area contributed by atoms with E-state index in [1.165, 1.54) is 29.6 Å². The second-order valence-electron chi connectivity index (χ2n) is 1.32. The second-order valence-corrected chi connectivity index (χ2v) is 1.32. The summed E-state index contributed by atoms with van der Waals surface area (Å²) in [6.45, 7) is 2.00. The first kappa shape index (κ1) is 12.3. The third-order valence-corrected chi connectivity index (χ3v) is 0.827. The standard InChI is InChI=1S/C4H8O.ClH.Li.Mg.2H/c1-2-4-5-3-1;;;;;/h1-4H2;1H;;;;/q;;+1;;;/p-1. The molecule has 0 unspecified atom stereocenters. The Kier molecular flexibility index (Phi) is 17.6. The summed E-state index contributed by atoms with van der Waals surface area (Å²) in [5, 5.41) is 0. The molecule has 1 fully saturated rings. The van der Waals surface area contributed by atoms with Crippen molar-refractivity contribution in [2.75, 3.05) is 13.2 Å². The van der Waals surface area contributed by atoms with Gasteiger partial charge in [0.1, 0.15) is 0 Å². The predicted octanol–water partition coefficient (Wildman–Crippen LogP) is 0.189. The van der Waals surface area contributed by atoms with Crippen molar-refractivity contribution in [2.24, 2.45) is 0 Å². The smallest absolute Gasteiger partial charge is 0.316 e. The van der Waals surface area contributed by atoms with Gasteiger partial charge in [-0.25, -0.2) is 0 Å². The Balaban J connectivity index is 0. The van der Waals surface area contributed by atoms with Gasteiger partial charge in [-0.1, -0.05) is 0 Å². The average molecular weight is 141 g/mol. The molecule has 4 heteroatoms. The Hall–Kier alpha value is 1.61. The van der Waals surface area contributed by atoms with Gasteiger partial charge in [0, 0.05) is 13.2 Å². The van der Waals surface area contributed by atoms with Crippen LogP contribution in [0.3, 0.4) is 0 Å². The monoisotopic (exact) mass is 140 g/mol. The summed E-state index contributed by atoms with van der Waals surface area (Å²) in [6, 6.07) is 0. The zero-order valence-electron chi connectivity index (χ0n) is 4.61. The fourth-order valence-electron chi connectivity index (χ4n) is 0.510. The molecule has 8 heavy (non-hydrogen) atoms. The van der Waals surface area contributed by atoms with Crippen molar-refractivity contribution in [3.63, 3.8) is 0 Å². The molecule has 0 aromatic rings. The van der Waals surface area contributed by atoms with Gasteiger partial charge in [-0.2, -0.15) is 0 Å². The zero-order valence-corrected chi connectivity index (χ0v) is 5.37. The van der Waals surface area contributed by atoms with E-state index in [-0.39, 0.29) is 23.1 Å². The minimum Gasteiger partial charge on any atom is 0.316 e. The van der Waals surface area contributed by atoms with Crippen LogP contribution >= 0.6 is 9.80 Å². The minimum absolute atomic E-state index is 0. The number of hydrogen-bond donors (Lipinski definition) is 0. The van der Waals surface area contributed by atoms with Crippen molar-refractivity contribution in [1.82, 2.24) is 0 Å². The van der Waals surface area contributed by atoms with Gasteiger partial charge in [-0.15, -0.1) is 0 Å². The van der Waals surface area contributed by atoms with Crippen molar-refractivity contribution in [2.45, 2.75) is 12.8 Å². The summed E-state index contributed by atoms with van der Waals surface area (Å²) >= 11 is 1.47. The van der Waals surface area contributed by atoms with Crippen LogP contribution in [0.15, 0.2) is 0 Å². The van der Waals surface area contributed by atoms with Crippen LogP contribution in [0.1, 0.15) is 12.8 Å². The molecular formula is C4H10ClLiMgO. The molecule has 1 aliphatic heterocycles. The molecule has 0 saturated carbocycles. The quantitative estimate of drug-likeness (QED) is 0.437. The van der Waals surface area contributed by atoms with Gasteiger partial charge in [-0.05, 0) is 12.8 Å². The van der Waals surface area contributed by atoms with Crippen LogP contribution in [-0.4, -0.2) is 53.0 Å². The van der Waals surface area contributed by atoms with Crippen LogP contribution in [0.4, 0.5) is 0 Å². The molecule has 1 heterocycles. The first-order chi connectivity index (χ1) is 3.50. The van der Waals surface area contributed by atoms with Crippen LogP contribution in [0, 0.1) is 0 Å². The first-order valence-corrected chi connectivity index (χ1v) is 3.21. The third-order valence-electron chi connectivity index (χ3n) is 0.827. The summed E-state index contributed by atoms with van der Waals surface area (Å²) in [5.41, 5.74) is 0. The van der Waals surface area contributed by atoms with Crippen molar-refractivity contribution in [3.05, 3.63) is 0 Å². The SMILES string of the molecule is C1CCOC1.[Li][Cl].[MgH2]. The molecule has 1 nitrogen and oxygen atoms in total. The molecule has 0 N–H and O–H groups in total. The van der Waals surface area contributed by atoms with E-state index in [4.69, 9.17) is 4.74 Å². The van der Waals surface area contributed by atoms with Gasteiger partial charge in [0.05, 0.1) is 0 Å². The van der Waals surface area contributed by atoms with Gasteiger partial charge in [-0.3, -0.25) is 0 Å². The summed E-state index contributed by atoms with van der Waals surface area (Å²) < 4.78 is 4.94. The van der Waals surface area contributed by atoms with E-state index < -0.39 is 0 Å². The van der Waals surface area contributed by atoms with Crippen LogP contribution < -0.4 is 0 Å². The number of halogens is 1. The van der Waals surface area contributed by atoms with Crippen LogP contribution in [-0.2, 0) is 4.74 Å². The van der Waals surface area contributed by atoms with Gasteiger partial charge >= 0.3 is 49.6 Å². The van der Waals surface area contributed by atoms with Crippen LogP contribution in [0.2, 0.25) is 0 Å². The first-order valence-electron chi connectivity index (χ1n) is 2.46. The molecule has 1 rings (SSSR count). The van der Waals surface area contributed by atoms with Crippen molar-refractivity contribution in [1.29, 1.82) is 0 Å². The molecular weight excluding hydrogens is 131 g/mol. The molecule has 0 aliphatic carbocycles. The maximum atomic E-state index is 4.94. The van der Waals surface area contributed by atoms with Gasteiger partial charge in [0.2, 0.25) is 0 Å². The number of ether oxygens (including phenoxy) is 1. The van der Waals surface area contributed by atoms with Crippen LogP contribution in [0.25, 0.3) is 0 Å². The summed E-state index contributed by atoms with van der Waals surface area (Å²) in [5.74, 6) is 0. The molecule has 1 saturated heterocycles. The van der Waals surface area contributed by atoms with E-state index >= 15 is 0 Å². The van der Waals surface area contributed by atoms with E-state index in [2.05, 4.69) is 9.80 Å². The van der Waals surface area contributed by atoms with Gasteiger partial charge in [0.25, 0.3) is 0 Å². The normalized spacial score (nSPS) is 15.9. The van der Waals surface area contributed by atoms with Gasteiger partial charge < -0.3 is 4.74 Å². The van der Waals surface area contributed by atoms with E-state index in [1.54, 1.807) is 0 Å². The molecule has 0 aromatic heterocycles. The summed E-state index contributed by atoms with van der Waals surface area (Å²) in [6.07, 6.45) is 2.56. The zero-order chi connectivity index (χ0) is 5.54. The molecule has 0 aromatic carbocycles. The van der Waals surface area contributed by atoms with Crippen molar-refractivity contribution in [3.8, 4) is 0 Å². The van der Waals surface area contributed by atoms with Crippen molar-refractivity contribution >= 4 is 49.6 Å². The van der Waals surface area contributed by atoms with Crippen molar-refractivity contribution < 1.29 is 4.74 Å². The maximum absolute atomic E-state index is 4.94. The predicted molar refractivity (Wildman–Crippen MR) is 40.2 cm³/mol. The Morgan fingerprint density at radius 1 is 1.12 bits per heavy atom. The summed E-state index contributed by atoms with van der Waals surface area (Å²) in [7, 11) is 4.64. The maximum Gasteiger partial charge on any atom is 0.316 e. The Labute approximate surface area is 79.9 Å². The molecule has 1 aliphatic rings. The molecule has 42 valence electrons. The molecule has 0 amide bonds. The van der Waals surface area contributed by atoms with Crippen LogP contribution in [0.5, 0.6) is 0 Å². The second kappa shape index (κ2) is 11.4. The fourth-order valence-corrected chi connectivity index (χ4v) is 0.510. The topological polar surface area (TPSA) is 9.23 Å². The number of rotatable bonds is 0. The largest absolute Gasteiger partial charge is 0.316 e. The van der Waals surface area contributed by atoms with E-state index in [0.717, 1.165) is 13.2 Å². The van der Waals surface area contributed by atoms with E-state index in [0.29, 0.717) is 0 Å². The molecule has 0 atom stereocenters. The molecule has 0 bridgehead atoms. The third kappa shape index (κ3) is 7.61. The average Bonchev–Trinajstić information content (AvgIpc) is 2.23. The Morgan fingerprint density at radius 2 is 1.50 bits per heavy atom. The Bertz CT molecular complexity index is 27.6. The van der Waals surface area contributed by atoms with E-state index in [1.807, 2.05) is 0 Å². The van der Waals surface area contributed by atoms with Gasteiger partial charge in [0.15, 0.2) is 0 Å². The molecule has 0 radical (unpaired) electrons. The minimum atomic E-state index is 0. The summed E-state index contributed by atoms with van der Waals surface area (Å²) in [4.78, 5) is 0. The number of hydrogen-bond acceptors (Lipinski definition) is 1. The fraction of sp³-hybridized carbons (Fsp3) is 1.00.